The molecule has 1 aliphatic heterocycles. The van der Waals surface area contributed by atoms with Crippen molar-refractivity contribution in [3.05, 3.63) is 59.8 Å². The zero-order chi connectivity index (χ0) is 30.6. The van der Waals surface area contributed by atoms with Crippen molar-refractivity contribution < 1.29 is 23.8 Å². The van der Waals surface area contributed by atoms with Crippen LogP contribution in [0.4, 0.5) is 15.6 Å². The van der Waals surface area contributed by atoms with E-state index in [2.05, 4.69) is 33.2 Å². The van der Waals surface area contributed by atoms with Gasteiger partial charge >= 0.3 is 6.03 Å². The molecule has 1 saturated heterocycles. The minimum Gasteiger partial charge on any atom is -0.493 e. The van der Waals surface area contributed by atoms with Gasteiger partial charge in [-0.1, -0.05) is 50.7 Å². The summed E-state index contributed by atoms with van der Waals surface area (Å²) < 4.78 is 17.9. The van der Waals surface area contributed by atoms with E-state index in [1.807, 2.05) is 38.1 Å². The van der Waals surface area contributed by atoms with Gasteiger partial charge in [-0.3, -0.25) is 10.1 Å². The standard InChI is InChI=1S/C32H43N5O5S/c1-5-8-26(41-25-15-17-33-18-16-25)21-9-11-22(12-10-21)30(38)37-32-34-20-29(43-32)42-27-14-13-24(19-28(27)40-4)36-31(39)35-23(6-2)7-3/h9-14,19-20,23,25-26,33H,5-8,15-18H2,1-4H3,(H,34,37,38)(H2,35,36,39). The van der Waals surface area contributed by atoms with Crippen molar-refractivity contribution >= 4 is 34.1 Å². The van der Waals surface area contributed by atoms with Gasteiger partial charge < -0.3 is 30.2 Å². The number of benzene rings is 2. The molecule has 2 aromatic carbocycles. The quantitative estimate of drug-likeness (QED) is 0.154. The highest BCUT2D eigenvalue weighted by Crippen LogP contribution is 2.37. The number of anilines is 2. The monoisotopic (exact) mass is 609 g/mol. The van der Waals surface area contributed by atoms with Crippen LogP contribution < -0.4 is 30.7 Å². The summed E-state index contributed by atoms with van der Waals surface area (Å²) in [6.45, 7) is 8.20. The number of hydrogen-bond acceptors (Lipinski definition) is 8. The van der Waals surface area contributed by atoms with Crippen LogP contribution in [0.5, 0.6) is 16.6 Å². The molecule has 2 heterocycles. The van der Waals surface area contributed by atoms with E-state index in [0.717, 1.165) is 57.2 Å². The van der Waals surface area contributed by atoms with E-state index in [1.54, 1.807) is 24.4 Å². The van der Waals surface area contributed by atoms with Crippen molar-refractivity contribution in [3.63, 3.8) is 0 Å². The third-order valence-electron chi connectivity index (χ3n) is 7.40. The number of amides is 3. The molecule has 3 aromatic rings. The van der Waals surface area contributed by atoms with Crippen molar-refractivity contribution in [2.24, 2.45) is 0 Å². The number of aromatic nitrogens is 1. The molecule has 1 aliphatic rings. The summed E-state index contributed by atoms with van der Waals surface area (Å²) in [5.41, 5.74) is 2.20. The largest absolute Gasteiger partial charge is 0.493 e. The lowest BCUT2D eigenvalue weighted by Gasteiger charge is -2.28. The molecule has 1 atom stereocenters. The number of rotatable bonds is 14. The third kappa shape index (κ3) is 9.41. The number of carbonyl (C=O) groups is 2. The van der Waals surface area contributed by atoms with Gasteiger partial charge in [0.05, 0.1) is 25.5 Å². The lowest BCUT2D eigenvalue weighted by atomic mass is 10.0. The van der Waals surface area contributed by atoms with Gasteiger partial charge in [0, 0.05) is 23.4 Å². The minimum absolute atomic E-state index is 0.0253. The number of urea groups is 1. The molecule has 4 rings (SSSR count). The molecule has 1 fully saturated rings. The Balaban J connectivity index is 1.34. The Labute approximate surface area is 257 Å². The summed E-state index contributed by atoms with van der Waals surface area (Å²) in [7, 11) is 1.53. The molecule has 1 unspecified atom stereocenters. The molecule has 4 N–H and O–H groups in total. The fraction of sp³-hybridized carbons (Fsp3) is 0.469. The summed E-state index contributed by atoms with van der Waals surface area (Å²) >= 11 is 1.20. The lowest BCUT2D eigenvalue weighted by Crippen LogP contribution is -2.37. The smallest absolute Gasteiger partial charge is 0.319 e. The number of carbonyl (C=O) groups excluding carboxylic acids is 2. The normalized spacial score (nSPS) is 14.3. The molecule has 0 saturated carbocycles. The van der Waals surface area contributed by atoms with Crippen LogP contribution in [0.15, 0.2) is 48.7 Å². The molecule has 11 heteroatoms. The van der Waals surface area contributed by atoms with Crippen LogP contribution in [-0.4, -0.2) is 49.3 Å². The summed E-state index contributed by atoms with van der Waals surface area (Å²) in [6, 6.07) is 12.6. The number of ether oxygens (including phenoxy) is 3. The Bertz CT molecular complexity index is 1320. The van der Waals surface area contributed by atoms with Gasteiger partial charge in [-0.15, -0.1) is 0 Å². The summed E-state index contributed by atoms with van der Waals surface area (Å²) in [5.74, 6) is 0.655. The fourth-order valence-corrected chi connectivity index (χ4v) is 5.58. The number of hydrogen-bond donors (Lipinski definition) is 4. The molecule has 3 amide bonds. The fourth-order valence-electron chi connectivity index (χ4n) is 4.91. The van der Waals surface area contributed by atoms with Gasteiger partial charge in [-0.25, -0.2) is 9.78 Å². The van der Waals surface area contributed by atoms with Crippen molar-refractivity contribution in [1.29, 1.82) is 0 Å². The van der Waals surface area contributed by atoms with Crippen LogP contribution in [0, 0.1) is 0 Å². The molecule has 0 spiro atoms. The predicted octanol–water partition coefficient (Wildman–Crippen LogP) is 7.12. The zero-order valence-electron chi connectivity index (χ0n) is 25.4. The highest BCUT2D eigenvalue weighted by atomic mass is 32.1. The average Bonchev–Trinajstić information content (AvgIpc) is 3.47. The van der Waals surface area contributed by atoms with Gasteiger partial charge in [0.2, 0.25) is 5.06 Å². The Morgan fingerprint density at radius 2 is 1.77 bits per heavy atom. The Morgan fingerprint density at radius 3 is 2.44 bits per heavy atom. The Hall–Kier alpha value is -3.67. The first kappa shape index (κ1) is 32.2. The van der Waals surface area contributed by atoms with Gasteiger partial charge in [-0.05, 0) is 75.0 Å². The first-order valence-electron chi connectivity index (χ1n) is 15.1. The van der Waals surface area contributed by atoms with Crippen LogP contribution in [0.2, 0.25) is 0 Å². The second kappa shape index (κ2) is 16.3. The minimum atomic E-state index is -0.270. The van der Waals surface area contributed by atoms with Gasteiger partial charge in [-0.2, -0.15) is 0 Å². The summed E-state index contributed by atoms with van der Waals surface area (Å²) in [4.78, 5) is 29.6. The van der Waals surface area contributed by atoms with E-state index < -0.39 is 0 Å². The molecule has 0 aliphatic carbocycles. The molecule has 0 bridgehead atoms. The van der Waals surface area contributed by atoms with Crippen molar-refractivity contribution in [3.8, 4) is 16.6 Å². The first-order chi connectivity index (χ1) is 20.9. The summed E-state index contributed by atoms with van der Waals surface area (Å²) in [6.07, 6.45) is 7.56. The van der Waals surface area contributed by atoms with Crippen molar-refractivity contribution in [2.45, 2.75) is 77.5 Å². The van der Waals surface area contributed by atoms with Gasteiger partial charge in [0.1, 0.15) is 0 Å². The number of thiazole rings is 1. The number of piperidine rings is 1. The molecule has 232 valence electrons. The molecule has 10 nitrogen and oxygen atoms in total. The Morgan fingerprint density at radius 1 is 1.02 bits per heavy atom. The van der Waals surface area contributed by atoms with Crippen LogP contribution in [-0.2, 0) is 4.74 Å². The van der Waals surface area contributed by atoms with E-state index in [1.165, 1.54) is 18.4 Å². The molecular weight excluding hydrogens is 566 g/mol. The highest BCUT2D eigenvalue weighted by Gasteiger charge is 2.21. The maximum atomic E-state index is 13.0. The van der Waals surface area contributed by atoms with E-state index >= 15 is 0 Å². The molecular formula is C32H43N5O5S. The Kier molecular flexibility index (Phi) is 12.2. The predicted molar refractivity (Wildman–Crippen MR) is 171 cm³/mol. The number of methoxy groups -OCH3 is 1. The van der Waals surface area contributed by atoms with Gasteiger partial charge in [0.25, 0.3) is 5.91 Å². The highest BCUT2D eigenvalue weighted by molar-refractivity contribution is 7.17. The van der Waals surface area contributed by atoms with E-state index in [4.69, 9.17) is 14.2 Å². The maximum Gasteiger partial charge on any atom is 0.319 e. The van der Waals surface area contributed by atoms with Crippen molar-refractivity contribution in [1.82, 2.24) is 15.6 Å². The van der Waals surface area contributed by atoms with Crippen LogP contribution in [0.3, 0.4) is 0 Å². The molecule has 0 radical (unpaired) electrons. The number of nitrogens with zero attached hydrogens (tertiary/aromatic N) is 1. The molecule has 43 heavy (non-hydrogen) atoms. The maximum absolute atomic E-state index is 13.0. The van der Waals surface area contributed by atoms with E-state index in [-0.39, 0.29) is 30.2 Å². The number of nitrogens with one attached hydrogen (secondary N) is 4. The lowest BCUT2D eigenvalue weighted by molar-refractivity contribution is -0.0321. The van der Waals surface area contributed by atoms with E-state index in [0.29, 0.717) is 32.9 Å². The van der Waals surface area contributed by atoms with Crippen LogP contribution in [0.25, 0.3) is 0 Å². The summed E-state index contributed by atoms with van der Waals surface area (Å²) in [5, 5.41) is 12.9. The molecule has 1 aromatic heterocycles. The van der Waals surface area contributed by atoms with Gasteiger partial charge in [0.15, 0.2) is 16.6 Å². The van der Waals surface area contributed by atoms with Crippen LogP contribution in [0.1, 0.15) is 81.3 Å². The second-order valence-corrected chi connectivity index (χ2v) is 11.5. The van der Waals surface area contributed by atoms with E-state index in [9.17, 15) is 9.59 Å². The third-order valence-corrected chi connectivity index (χ3v) is 8.19. The average molecular weight is 610 g/mol. The zero-order valence-corrected chi connectivity index (χ0v) is 26.2. The SMILES string of the molecule is CCCC(OC1CCNCC1)c1ccc(C(=O)Nc2ncc(Oc3ccc(NC(=O)NC(CC)CC)cc3OC)s2)cc1. The first-order valence-corrected chi connectivity index (χ1v) is 15.9. The topological polar surface area (TPSA) is 123 Å². The second-order valence-electron chi connectivity index (χ2n) is 10.5. The van der Waals surface area contributed by atoms with Crippen molar-refractivity contribution in [2.75, 3.05) is 30.8 Å². The van der Waals surface area contributed by atoms with Crippen LogP contribution >= 0.6 is 11.3 Å².